The normalized spacial score (nSPS) is 22.0. The number of carbonyl (C=O) groups is 2. The first-order valence-electron chi connectivity index (χ1n) is 30.5. The molecule has 1 aliphatic carbocycles. The van der Waals surface area contributed by atoms with Gasteiger partial charge < -0.3 is 55.6 Å². The monoisotopic (exact) mass is 1180 g/mol. The van der Waals surface area contributed by atoms with Gasteiger partial charge in [-0.1, -0.05) is 44.2 Å². The first kappa shape index (κ1) is 55.2. The number of pyridine rings is 1. The number of fused-ring (bicyclic) bond motifs is 10. The zero-order valence-electron chi connectivity index (χ0n) is 48.6. The second kappa shape index (κ2) is 21.8. The number of nitrogens with one attached hydrogen (secondary N) is 4. The van der Waals surface area contributed by atoms with Crippen molar-refractivity contribution in [1.29, 1.82) is 0 Å². The van der Waals surface area contributed by atoms with Gasteiger partial charge in [0.25, 0.3) is 5.56 Å². The van der Waals surface area contributed by atoms with Crippen LogP contribution in [0.4, 0.5) is 10.2 Å². The molecule has 7 atom stereocenters. The molecule has 2 amide bonds. The lowest BCUT2D eigenvalue weighted by Gasteiger charge is -2.31. The molecule has 5 fully saturated rings. The van der Waals surface area contributed by atoms with Crippen LogP contribution in [0, 0.1) is 18.7 Å². The van der Waals surface area contributed by atoms with Crippen molar-refractivity contribution in [2.45, 2.75) is 133 Å². The van der Waals surface area contributed by atoms with Crippen LogP contribution in [0.2, 0.25) is 0 Å². The van der Waals surface area contributed by atoms with E-state index in [4.69, 9.17) is 35.0 Å². The third kappa shape index (κ3) is 9.74. The second-order valence-electron chi connectivity index (χ2n) is 24.9. The summed E-state index contributed by atoms with van der Waals surface area (Å²) in [7, 11) is 0. The fraction of sp³-hybridized carbons (Fsp3) is 0.438. The predicted octanol–water partition coefficient (Wildman–Crippen LogP) is 6.65. The predicted molar refractivity (Wildman–Crippen MR) is 323 cm³/mol. The number of H-pyrrole nitrogens is 2. The van der Waals surface area contributed by atoms with Gasteiger partial charge in [-0.3, -0.25) is 28.8 Å². The second-order valence-corrected chi connectivity index (χ2v) is 24.9. The van der Waals surface area contributed by atoms with Crippen LogP contribution in [-0.2, 0) is 27.5 Å². The molecular formula is C64H69FN14O8. The number of ether oxygens (including phenoxy) is 3. The molecule has 5 aromatic heterocycles. The van der Waals surface area contributed by atoms with Crippen molar-refractivity contribution in [3.8, 4) is 34.1 Å². The van der Waals surface area contributed by atoms with E-state index in [-0.39, 0.29) is 66.9 Å². The number of likely N-dealkylation sites (tertiary alicyclic amines) is 1. The number of aliphatic hydroxyl groups is 2. The molecule has 5 aliphatic heterocycles. The average Bonchev–Trinajstić information content (AvgIpc) is 1.90. The third-order valence-electron chi connectivity index (χ3n) is 18.9. The van der Waals surface area contributed by atoms with Crippen LogP contribution in [0.15, 0.2) is 78.0 Å². The molecule has 0 spiro atoms. The first-order chi connectivity index (χ1) is 42.2. The standard InChI is InChI=1S/C64H69FN14O8/c1-31(2)58(63(84)77-27-38(81)21-53(77)61(82)71-51(29-80)35-7-9-41-43(19-35)48(66)11-15-78-52(41)10-14-69-78)79-28-46-40-8-4-33(18-49(40)70-62(83)57(46)75-79)30-86-59-55(54-32(3)47(65)23-50-45(54)25-68-74-50)42(34-5-6-34)22-44-56(59)72-64(87-39-12-16-85-17-13-39)73-60(44)76-26-36-20-37(76)24-67-36/h4,7-10,14,18-19,22-23,25,28,31,34,36-39,48,51,53,58,67,80-81H,5-6,11-13,15-17,20-21,24,26-27,29-30,66H2,1-3H3,(H,68,74)(H,70,83)(H,71,82)/t36-,37-,38+,48-,51-,53-,58-/m0/s1. The number of piperazine rings is 1. The van der Waals surface area contributed by atoms with Crippen LogP contribution in [0.1, 0.15) is 111 Å². The molecule has 2 bridgehead atoms. The minimum Gasteiger partial charge on any atom is -0.486 e. The molecule has 23 heteroatoms. The van der Waals surface area contributed by atoms with Gasteiger partial charge >= 0.3 is 6.01 Å². The van der Waals surface area contributed by atoms with E-state index < -0.39 is 48.2 Å². The summed E-state index contributed by atoms with van der Waals surface area (Å²) >= 11 is 0. The summed E-state index contributed by atoms with van der Waals surface area (Å²) in [5.41, 5.74) is 14.9. The molecule has 0 radical (unpaired) electrons. The summed E-state index contributed by atoms with van der Waals surface area (Å²) in [5.74, 6) is -0.316. The van der Waals surface area contributed by atoms with Gasteiger partial charge in [0.2, 0.25) is 11.8 Å². The van der Waals surface area contributed by atoms with E-state index >= 15 is 4.39 Å². The quantitative estimate of drug-likeness (QED) is 0.0566. The van der Waals surface area contributed by atoms with E-state index in [0.717, 1.165) is 82.5 Å². The number of aryl methyl sites for hydroxylation is 1. The SMILES string of the molecule is Cc1c(F)cc2[nH]ncc2c1-c1c(C2CC2)cc2c(N3C[C@@H]4C[C@H]3CN4)nc(OC3CCOCC3)nc2c1OCc1ccc2c(c1)[nH]c(=O)c1nn([C@H](C(=O)N3C[C@H](O)C[C@H]3C(=O)N[C@@H](CO)c3ccc4c(c3)[C@@H](N)CCn3nccc3-4)C(C)C)cc12. The van der Waals surface area contributed by atoms with Crippen LogP contribution < -0.4 is 36.3 Å². The van der Waals surface area contributed by atoms with Crippen molar-refractivity contribution in [3.05, 3.63) is 117 Å². The zero-order valence-corrected chi connectivity index (χ0v) is 48.6. The van der Waals surface area contributed by atoms with E-state index in [1.165, 1.54) is 15.6 Å². The summed E-state index contributed by atoms with van der Waals surface area (Å²) in [5, 5.41) is 47.7. The maximum absolute atomic E-state index is 16.3. The highest BCUT2D eigenvalue weighted by molar-refractivity contribution is 6.07. The fourth-order valence-electron chi connectivity index (χ4n) is 14.3. The average molecular weight is 1180 g/mol. The number of benzene rings is 4. The Balaban J connectivity index is 0.757. The van der Waals surface area contributed by atoms with Gasteiger partial charge in [0.1, 0.15) is 41.9 Å². The molecule has 0 unspecified atom stereocenters. The molecule has 9 aromatic rings. The number of β-amino-alcohol motifs (C(OH)–C–C–N with tert-alkyl or cyclic N) is 1. The lowest BCUT2D eigenvalue weighted by atomic mass is 9.88. The Morgan fingerprint density at radius 2 is 1.78 bits per heavy atom. The Morgan fingerprint density at radius 1 is 0.931 bits per heavy atom. The van der Waals surface area contributed by atoms with E-state index in [9.17, 15) is 24.6 Å². The van der Waals surface area contributed by atoms with E-state index in [2.05, 4.69) is 41.9 Å². The molecule has 4 aromatic carbocycles. The number of nitrogens with zero attached hydrogens (tertiary/aromatic N) is 9. The van der Waals surface area contributed by atoms with Gasteiger partial charge in [-0.05, 0) is 96.5 Å². The number of halogens is 1. The van der Waals surface area contributed by atoms with Gasteiger partial charge in [-0.2, -0.15) is 25.3 Å². The van der Waals surface area contributed by atoms with Crippen LogP contribution in [0.5, 0.6) is 11.8 Å². The van der Waals surface area contributed by atoms with E-state index in [1.807, 2.05) is 61.0 Å². The van der Waals surface area contributed by atoms with Gasteiger partial charge in [0.05, 0.1) is 49.4 Å². The molecule has 1 saturated carbocycles. The minimum absolute atomic E-state index is 0.0165. The Bertz CT molecular complexity index is 4280. The number of nitrogens with two attached hydrogens (primary N) is 1. The number of anilines is 1. The molecule has 10 heterocycles. The number of aromatic nitrogens is 9. The van der Waals surface area contributed by atoms with Crippen molar-refractivity contribution in [3.63, 3.8) is 0 Å². The summed E-state index contributed by atoms with van der Waals surface area (Å²) in [6.45, 7) is 8.42. The smallest absolute Gasteiger partial charge is 0.319 e. The van der Waals surface area contributed by atoms with Crippen molar-refractivity contribution in [1.82, 2.24) is 60.2 Å². The number of rotatable bonds is 15. The maximum atomic E-state index is 16.3. The highest BCUT2D eigenvalue weighted by Crippen LogP contribution is 2.54. The number of amides is 2. The number of aromatic amines is 2. The van der Waals surface area contributed by atoms with Gasteiger partial charge in [0, 0.05) is 120 Å². The van der Waals surface area contributed by atoms with Gasteiger partial charge in [0.15, 0.2) is 11.3 Å². The van der Waals surface area contributed by atoms with Gasteiger partial charge in [-0.25, -0.2) is 4.39 Å². The highest BCUT2D eigenvalue weighted by atomic mass is 19.1. The molecule has 87 heavy (non-hydrogen) atoms. The lowest BCUT2D eigenvalue weighted by molar-refractivity contribution is -0.142. The third-order valence-corrected chi connectivity index (χ3v) is 18.9. The molecule has 4 saturated heterocycles. The van der Waals surface area contributed by atoms with E-state index in [0.29, 0.717) is 94.8 Å². The van der Waals surface area contributed by atoms with Crippen LogP contribution in [0.25, 0.3) is 66.0 Å². The number of aliphatic hydroxyl groups excluding tert-OH is 2. The largest absolute Gasteiger partial charge is 0.486 e. The van der Waals surface area contributed by atoms with Crippen LogP contribution in [-0.4, -0.2) is 141 Å². The molecular weight excluding hydrogens is 1110 g/mol. The van der Waals surface area contributed by atoms with E-state index in [1.54, 1.807) is 25.5 Å². The van der Waals surface area contributed by atoms with Crippen LogP contribution in [0.3, 0.4) is 0 Å². The molecule has 8 N–H and O–H groups in total. The summed E-state index contributed by atoms with van der Waals surface area (Å²) in [6.07, 6.45) is 8.96. The highest BCUT2D eigenvalue weighted by Gasteiger charge is 2.44. The number of hydrogen-bond acceptors (Lipinski definition) is 16. The Labute approximate surface area is 498 Å². The van der Waals surface area contributed by atoms with Gasteiger partial charge in [-0.15, -0.1) is 0 Å². The topological polar surface area (TPSA) is 282 Å². The Hall–Kier alpha value is -8.35. The molecule has 6 aliphatic rings. The molecule has 450 valence electrons. The Kier molecular flexibility index (Phi) is 13.8. The number of hydrogen-bond donors (Lipinski definition) is 7. The maximum Gasteiger partial charge on any atom is 0.319 e. The summed E-state index contributed by atoms with van der Waals surface area (Å²) < 4.78 is 39.2. The number of carbonyl (C=O) groups excluding carboxylic acids is 2. The fourth-order valence-corrected chi connectivity index (χ4v) is 14.3. The van der Waals surface area contributed by atoms with Crippen molar-refractivity contribution in [2.75, 3.05) is 44.4 Å². The lowest BCUT2D eigenvalue weighted by Crippen LogP contribution is -2.50. The zero-order chi connectivity index (χ0) is 59.5. The van der Waals surface area contributed by atoms with Crippen molar-refractivity contribution in [2.24, 2.45) is 11.7 Å². The first-order valence-corrected chi connectivity index (χ1v) is 30.5. The molecule has 22 nitrogen and oxygen atoms in total. The summed E-state index contributed by atoms with van der Waals surface area (Å²) in [6, 6.07) is 14.6. The summed E-state index contributed by atoms with van der Waals surface area (Å²) in [4.78, 5) is 60.8. The minimum atomic E-state index is -1.07. The van der Waals surface area contributed by atoms with Crippen LogP contribution >= 0.6 is 0 Å². The van der Waals surface area contributed by atoms with Crippen molar-refractivity contribution < 1.29 is 38.4 Å². The molecule has 15 rings (SSSR count). The van der Waals surface area contributed by atoms with Crippen molar-refractivity contribution >= 4 is 61.2 Å². The Morgan fingerprint density at radius 3 is 2.56 bits per heavy atom.